The summed E-state index contributed by atoms with van der Waals surface area (Å²) in [4.78, 5) is 73.8. The summed E-state index contributed by atoms with van der Waals surface area (Å²) in [6.07, 6.45) is 0.689. The van der Waals surface area contributed by atoms with E-state index in [4.69, 9.17) is 16.3 Å². The minimum absolute atomic E-state index is 0.0240. The van der Waals surface area contributed by atoms with Crippen molar-refractivity contribution in [1.82, 2.24) is 40.3 Å². The molecule has 66 heavy (non-hydrogen) atoms. The third kappa shape index (κ3) is 11.5. The van der Waals surface area contributed by atoms with Crippen LogP contribution in [0.25, 0.3) is 10.4 Å². The van der Waals surface area contributed by atoms with Gasteiger partial charge in [0.1, 0.15) is 28.7 Å². The van der Waals surface area contributed by atoms with Crippen molar-refractivity contribution in [2.24, 2.45) is 0 Å². The number of β-amino-alcohol motifs (C(OH)–C–C–N with tert-alkyl or cyclic N) is 1. The maximum absolute atomic E-state index is 15.0. The third-order valence-corrected chi connectivity index (χ3v) is 14.4. The number of carbonyl (C=O) groups excluding carboxylic acids is 4. The standard InChI is InChI=1S/C46H54ClFN10O6S2/c1-28-37(65-27-52-28)30-10-8-29(9-11-30)24-50-40(60)35-23-32(59)26-58(35)42(62)38(54-43(63)46(48)14-15-46)45(2,3)66-21-7-6-16-56-17-19-57(20-18-56)41(61)31-12-13-34(36(22-31)64-5)53-44-51-25-33(47)39(49-4)55-44/h8-13,22,25,27,32,35,38,59H,14-21,23-24,26H2,1-5H3,(H,50,60)(H,54,63)(H2,49,51,53,55)/t32-,35+,38?/m1/s1. The van der Waals surface area contributed by atoms with Crippen LogP contribution in [-0.2, 0) is 20.9 Å². The lowest BCUT2D eigenvalue weighted by Gasteiger charge is -2.37. The second-order valence-electron chi connectivity index (χ2n) is 16.9. The van der Waals surface area contributed by atoms with Gasteiger partial charge in [-0.3, -0.25) is 24.1 Å². The van der Waals surface area contributed by atoms with Crippen LogP contribution in [0, 0.1) is 18.8 Å². The smallest absolute Gasteiger partial charge is 0.258 e. The van der Waals surface area contributed by atoms with Gasteiger partial charge in [-0.1, -0.05) is 47.7 Å². The number of alkyl halides is 1. The molecule has 4 amide bonds. The number of hydrogen-bond acceptors (Lipinski definition) is 14. The van der Waals surface area contributed by atoms with Crippen molar-refractivity contribution in [3.05, 3.63) is 76.0 Å². The Morgan fingerprint density at radius 3 is 2.50 bits per heavy atom. The Kier molecular flexibility index (Phi) is 15.4. The van der Waals surface area contributed by atoms with E-state index in [0.29, 0.717) is 72.3 Å². The molecule has 4 aromatic rings. The molecule has 5 N–H and O–H groups in total. The zero-order valence-corrected chi connectivity index (χ0v) is 39.8. The number of rotatable bonds is 16. The fourth-order valence-electron chi connectivity index (χ4n) is 7.73. The number of anilines is 3. The van der Waals surface area contributed by atoms with Crippen LogP contribution in [0.15, 0.2) is 54.2 Å². The number of thiazole rings is 1. The number of ether oxygens (including phenoxy) is 1. The molecule has 2 aliphatic heterocycles. The van der Waals surface area contributed by atoms with Crippen LogP contribution in [0.3, 0.4) is 0 Å². The topological polar surface area (TPSA) is 194 Å². The molecule has 1 saturated carbocycles. The first-order valence-corrected chi connectivity index (χ1v) is 23.9. The molecule has 3 fully saturated rings. The van der Waals surface area contributed by atoms with Gasteiger partial charge in [0.15, 0.2) is 5.67 Å². The van der Waals surface area contributed by atoms with Gasteiger partial charge in [0.05, 0.1) is 53.5 Å². The second kappa shape index (κ2) is 21.0. The largest absolute Gasteiger partial charge is 0.495 e. The predicted molar refractivity (Wildman–Crippen MR) is 255 cm³/mol. The molecule has 350 valence electrons. The SMILES string of the molecule is CNc1nc(Nc2ccc(C(=O)N3CCN(CC#CCSC(C)(C)C(NC(=O)C4(F)CC4)C(=O)N4C[C@H](O)C[C@H]4C(=O)NCc4ccc(-c5scnc5C)cc4)CC3)cc2OC)ncc1Cl. The summed E-state index contributed by atoms with van der Waals surface area (Å²) in [5.41, 5.74) is 3.64. The Morgan fingerprint density at radius 2 is 1.83 bits per heavy atom. The van der Waals surface area contributed by atoms with Crippen molar-refractivity contribution < 1.29 is 33.4 Å². The van der Waals surface area contributed by atoms with Gasteiger partial charge in [-0.2, -0.15) is 4.98 Å². The third-order valence-electron chi connectivity index (χ3n) is 11.9. The van der Waals surface area contributed by atoms with Crippen LogP contribution in [0.1, 0.15) is 54.7 Å². The quantitative estimate of drug-likeness (QED) is 0.0955. The number of aromatic nitrogens is 3. The molecule has 3 atom stereocenters. The summed E-state index contributed by atoms with van der Waals surface area (Å²) >= 11 is 9.00. The summed E-state index contributed by atoms with van der Waals surface area (Å²) in [5.74, 6) is 5.89. The van der Waals surface area contributed by atoms with Crippen molar-refractivity contribution in [2.45, 2.75) is 75.2 Å². The lowest BCUT2D eigenvalue weighted by atomic mass is 10.00. The van der Waals surface area contributed by atoms with Crippen LogP contribution in [0.2, 0.25) is 5.02 Å². The summed E-state index contributed by atoms with van der Waals surface area (Å²) in [6, 6.07) is 10.7. The summed E-state index contributed by atoms with van der Waals surface area (Å²) in [6.45, 7) is 8.30. The number of nitrogens with one attached hydrogen (secondary N) is 4. The van der Waals surface area contributed by atoms with E-state index in [1.807, 2.05) is 31.2 Å². The van der Waals surface area contributed by atoms with Crippen molar-refractivity contribution in [2.75, 3.05) is 69.8 Å². The van der Waals surface area contributed by atoms with Crippen molar-refractivity contribution >= 4 is 75.8 Å². The zero-order chi connectivity index (χ0) is 47.2. The molecule has 0 bridgehead atoms. The van der Waals surface area contributed by atoms with Crippen LogP contribution in [0.4, 0.5) is 21.8 Å². The van der Waals surface area contributed by atoms with Gasteiger partial charge in [0.25, 0.3) is 11.8 Å². The van der Waals surface area contributed by atoms with Gasteiger partial charge >= 0.3 is 0 Å². The van der Waals surface area contributed by atoms with Gasteiger partial charge in [-0.05, 0) is 62.9 Å². The number of likely N-dealkylation sites (tertiary alicyclic amines) is 1. The number of hydrogen-bond donors (Lipinski definition) is 5. The fraction of sp³-hybridized carbons (Fsp3) is 0.457. The summed E-state index contributed by atoms with van der Waals surface area (Å²) < 4.78 is 19.6. The number of methoxy groups -OCH3 is 1. The van der Waals surface area contributed by atoms with E-state index in [1.54, 1.807) is 60.8 Å². The number of carbonyl (C=O) groups is 4. The molecule has 4 heterocycles. The molecular formula is C46H54ClFN10O6S2. The fourth-order valence-corrected chi connectivity index (χ4v) is 9.60. The Morgan fingerprint density at radius 1 is 1.09 bits per heavy atom. The van der Waals surface area contributed by atoms with E-state index < -0.39 is 46.3 Å². The molecule has 16 nitrogen and oxygen atoms in total. The number of thioether (sulfide) groups is 1. The first-order chi connectivity index (χ1) is 31.6. The van der Waals surface area contributed by atoms with Crippen LogP contribution in [-0.4, -0.2) is 146 Å². The van der Waals surface area contributed by atoms with Crippen LogP contribution >= 0.6 is 34.7 Å². The van der Waals surface area contributed by atoms with Crippen molar-refractivity contribution in [1.29, 1.82) is 0 Å². The molecule has 20 heteroatoms. The summed E-state index contributed by atoms with van der Waals surface area (Å²) in [5, 5.41) is 22.7. The molecule has 7 rings (SSSR count). The highest BCUT2D eigenvalue weighted by Gasteiger charge is 2.54. The van der Waals surface area contributed by atoms with Gasteiger partial charge in [0, 0.05) is 63.0 Å². The Hall–Kier alpha value is -5.52. The highest BCUT2D eigenvalue weighted by Crippen LogP contribution is 2.41. The number of halogens is 2. The molecule has 2 saturated heterocycles. The highest BCUT2D eigenvalue weighted by atomic mass is 35.5. The van der Waals surface area contributed by atoms with Gasteiger partial charge in [-0.15, -0.1) is 23.1 Å². The summed E-state index contributed by atoms with van der Waals surface area (Å²) in [7, 11) is 3.23. The van der Waals surface area contributed by atoms with Gasteiger partial charge in [0.2, 0.25) is 17.8 Å². The molecule has 0 spiro atoms. The molecular weight excluding hydrogens is 907 g/mol. The van der Waals surface area contributed by atoms with E-state index in [9.17, 15) is 24.3 Å². The maximum atomic E-state index is 15.0. The van der Waals surface area contributed by atoms with Crippen LogP contribution in [0.5, 0.6) is 5.75 Å². The lowest BCUT2D eigenvalue weighted by molar-refractivity contribution is -0.143. The average molecular weight is 962 g/mol. The minimum atomic E-state index is -2.04. The van der Waals surface area contributed by atoms with Crippen LogP contribution < -0.4 is 26.0 Å². The van der Waals surface area contributed by atoms with E-state index in [2.05, 4.69) is 53.0 Å². The number of piperazine rings is 1. The van der Waals surface area contributed by atoms with E-state index in [1.165, 1.54) is 30.0 Å². The number of nitrogens with zero attached hydrogens (tertiary/aromatic N) is 6. The van der Waals surface area contributed by atoms with Crippen molar-refractivity contribution in [3.63, 3.8) is 0 Å². The van der Waals surface area contributed by atoms with Crippen molar-refractivity contribution in [3.8, 4) is 28.0 Å². The van der Waals surface area contributed by atoms with Gasteiger partial charge < -0.3 is 40.9 Å². The Labute approximate surface area is 396 Å². The predicted octanol–water partition coefficient (Wildman–Crippen LogP) is 4.89. The molecule has 0 radical (unpaired) electrons. The Bertz CT molecular complexity index is 2490. The number of aliphatic hydroxyl groups is 1. The molecule has 1 aliphatic carbocycles. The molecule has 2 aromatic heterocycles. The second-order valence-corrected chi connectivity index (χ2v) is 19.8. The maximum Gasteiger partial charge on any atom is 0.258 e. The first-order valence-electron chi connectivity index (χ1n) is 21.6. The minimum Gasteiger partial charge on any atom is -0.495 e. The number of aliphatic hydroxyl groups excluding tert-OH is 1. The lowest BCUT2D eigenvalue weighted by Crippen LogP contribution is -2.61. The molecule has 1 unspecified atom stereocenters. The molecule has 2 aromatic carbocycles. The van der Waals surface area contributed by atoms with E-state index in [0.717, 1.165) is 21.7 Å². The Balaban J connectivity index is 0.915. The first kappa shape index (κ1) is 48.4. The molecule has 3 aliphatic rings. The average Bonchev–Trinajstić information content (AvgIpc) is 3.72. The number of aryl methyl sites for hydroxylation is 1. The monoisotopic (exact) mass is 960 g/mol. The normalized spacial score (nSPS) is 18.4. The highest BCUT2D eigenvalue weighted by molar-refractivity contribution is 8.00. The van der Waals surface area contributed by atoms with Gasteiger partial charge in [-0.25, -0.2) is 14.4 Å². The zero-order valence-electron chi connectivity index (χ0n) is 37.5. The van der Waals surface area contributed by atoms with E-state index in [-0.39, 0.29) is 38.3 Å². The van der Waals surface area contributed by atoms with E-state index >= 15 is 4.39 Å². The number of benzene rings is 2. The number of amides is 4.